The molecule has 1 saturated heterocycles. The molecule has 1 aliphatic rings. The molecule has 1 heterocycles. The van der Waals surface area contributed by atoms with Crippen LogP contribution >= 0.6 is 12.2 Å². The number of rotatable bonds is 5. The second-order valence-electron chi connectivity index (χ2n) is 5.26. The Hall–Kier alpha value is -0.150. The smallest absolute Gasteiger partial charge is 0.0742 e. The van der Waals surface area contributed by atoms with Crippen molar-refractivity contribution in [1.29, 1.82) is 0 Å². The number of piperidine rings is 1. The van der Waals surface area contributed by atoms with Gasteiger partial charge in [-0.3, -0.25) is 0 Å². The van der Waals surface area contributed by atoms with E-state index < -0.39 is 0 Å². The molecule has 94 valence electrons. The number of hydrogen-bond donors (Lipinski definition) is 1. The summed E-state index contributed by atoms with van der Waals surface area (Å²) in [5, 5.41) is 0. The molecule has 16 heavy (non-hydrogen) atoms. The minimum atomic E-state index is 0.518. The average molecular weight is 242 g/mol. The molecule has 0 aliphatic carbocycles. The predicted octanol–water partition coefficient (Wildman–Crippen LogP) is 2.95. The van der Waals surface area contributed by atoms with Crippen molar-refractivity contribution in [3.8, 4) is 0 Å². The van der Waals surface area contributed by atoms with E-state index in [9.17, 15) is 0 Å². The minimum Gasteiger partial charge on any atom is -0.393 e. The third kappa shape index (κ3) is 3.42. The van der Waals surface area contributed by atoms with Gasteiger partial charge in [0.15, 0.2) is 0 Å². The van der Waals surface area contributed by atoms with E-state index in [-0.39, 0.29) is 0 Å². The molecule has 0 aromatic carbocycles. The normalized spacial score (nSPS) is 22.9. The fraction of sp³-hybridized carbons (Fsp3) is 0.923. The molecule has 0 amide bonds. The van der Waals surface area contributed by atoms with Gasteiger partial charge in [0.05, 0.1) is 4.99 Å². The lowest BCUT2D eigenvalue weighted by Crippen LogP contribution is -2.44. The van der Waals surface area contributed by atoms with Crippen molar-refractivity contribution in [2.24, 2.45) is 11.1 Å². The molecule has 1 atom stereocenters. The molecule has 2 nitrogen and oxygen atoms in total. The lowest BCUT2D eigenvalue weighted by Gasteiger charge is -2.43. The van der Waals surface area contributed by atoms with Gasteiger partial charge in [-0.2, -0.15) is 0 Å². The first kappa shape index (κ1) is 13.9. The molecule has 0 bridgehead atoms. The quantitative estimate of drug-likeness (QED) is 0.752. The van der Waals surface area contributed by atoms with E-state index in [1.54, 1.807) is 0 Å². The Kier molecular flexibility index (Phi) is 5.19. The number of hydrogen-bond acceptors (Lipinski definition) is 2. The van der Waals surface area contributed by atoms with Crippen LogP contribution in [0.3, 0.4) is 0 Å². The van der Waals surface area contributed by atoms with Gasteiger partial charge in [-0.05, 0) is 38.3 Å². The molecule has 1 rings (SSSR count). The molecule has 0 aromatic rings. The van der Waals surface area contributed by atoms with Crippen LogP contribution in [0.2, 0.25) is 0 Å². The lowest BCUT2D eigenvalue weighted by atomic mass is 9.74. The SMILES string of the molecule is CCC1(CC)CCN(C(C)CC(N)=S)CC1. The molecule has 0 radical (unpaired) electrons. The number of thiocarbonyl (C=S) groups is 1. The van der Waals surface area contributed by atoms with Gasteiger partial charge >= 0.3 is 0 Å². The Labute approximate surface area is 106 Å². The van der Waals surface area contributed by atoms with Gasteiger partial charge < -0.3 is 10.6 Å². The van der Waals surface area contributed by atoms with Crippen LogP contribution in [0.5, 0.6) is 0 Å². The predicted molar refractivity (Wildman–Crippen MR) is 74.7 cm³/mol. The van der Waals surface area contributed by atoms with Gasteiger partial charge in [-0.25, -0.2) is 0 Å². The monoisotopic (exact) mass is 242 g/mol. The van der Waals surface area contributed by atoms with E-state index >= 15 is 0 Å². The fourth-order valence-corrected chi connectivity index (χ4v) is 3.06. The van der Waals surface area contributed by atoms with E-state index in [2.05, 4.69) is 25.7 Å². The maximum absolute atomic E-state index is 5.61. The highest BCUT2D eigenvalue weighted by molar-refractivity contribution is 7.80. The van der Waals surface area contributed by atoms with Crippen LogP contribution in [0.25, 0.3) is 0 Å². The zero-order chi connectivity index (χ0) is 12.2. The summed E-state index contributed by atoms with van der Waals surface area (Å²) in [5.74, 6) is 0. The molecule has 2 N–H and O–H groups in total. The van der Waals surface area contributed by atoms with E-state index in [0.29, 0.717) is 16.4 Å². The van der Waals surface area contributed by atoms with Gasteiger partial charge in [-0.15, -0.1) is 0 Å². The largest absolute Gasteiger partial charge is 0.393 e. The van der Waals surface area contributed by atoms with Crippen LogP contribution in [0.15, 0.2) is 0 Å². The Morgan fingerprint density at radius 2 is 1.81 bits per heavy atom. The van der Waals surface area contributed by atoms with Crippen LogP contribution < -0.4 is 5.73 Å². The topological polar surface area (TPSA) is 29.3 Å². The maximum Gasteiger partial charge on any atom is 0.0742 e. The first-order valence-corrected chi connectivity index (χ1v) is 6.96. The number of nitrogens with zero attached hydrogens (tertiary/aromatic N) is 1. The summed E-state index contributed by atoms with van der Waals surface area (Å²) >= 11 is 4.98. The zero-order valence-electron chi connectivity index (χ0n) is 11.0. The van der Waals surface area contributed by atoms with Gasteiger partial charge in [0.1, 0.15) is 0 Å². The van der Waals surface area contributed by atoms with Crippen LogP contribution in [0, 0.1) is 5.41 Å². The van der Waals surface area contributed by atoms with Crippen LogP contribution in [-0.2, 0) is 0 Å². The van der Waals surface area contributed by atoms with Crippen molar-refractivity contribution in [3.63, 3.8) is 0 Å². The van der Waals surface area contributed by atoms with Crippen molar-refractivity contribution in [1.82, 2.24) is 4.90 Å². The zero-order valence-corrected chi connectivity index (χ0v) is 11.8. The van der Waals surface area contributed by atoms with Crippen molar-refractivity contribution in [2.75, 3.05) is 13.1 Å². The second-order valence-corrected chi connectivity index (χ2v) is 5.79. The highest BCUT2D eigenvalue weighted by Gasteiger charge is 2.32. The third-order valence-electron chi connectivity index (χ3n) is 4.48. The number of nitrogens with two attached hydrogens (primary N) is 1. The Balaban J connectivity index is 2.45. The van der Waals surface area contributed by atoms with E-state index in [1.807, 2.05) is 0 Å². The summed E-state index contributed by atoms with van der Waals surface area (Å²) < 4.78 is 0. The molecule has 1 fully saturated rings. The minimum absolute atomic E-state index is 0.518. The average Bonchev–Trinajstić information content (AvgIpc) is 2.28. The fourth-order valence-electron chi connectivity index (χ4n) is 2.82. The molecule has 0 saturated carbocycles. The van der Waals surface area contributed by atoms with E-state index in [4.69, 9.17) is 18.0 Å². The summed E-state index contributed by atoms with van der Waals surface area (Å²) in [5.41, 5.74) is 6.22. The summed E-state index contributed by atoms with van der Waals surface area (Å²) in [6.45, 7) is 9.33. The van der Waals surface area contributed by atoms with Crippen LogP contribution in [0.1, 0.15) is 52.9 Å². The van der Waals surface area contributed by atoms with E-state index in [1.165, 1.54) is 38.8 Å². The third-order valence-corrected chi connectivity index (χ3v) is 4.65. The van der Waals surface area contributed by atoms with Crippen molar-refractivity contribution < 1.29 is 0 Å². The highest BCUT2D eigenvalue weighted by atomic mass is 32.1. The first-order valence-electron chi connectivity index (χ1n) is 6.55. The molecule has 0 spiro atoms. The molecule has 1 unspecified atom stereocenters. The van der Waals surface area contributed by atoms with Crippen molar-refractivity contribution in [3.05, 3.63) is 0 Å². The van der Waals surface area contributed by atoms with Gasteiger partial charge in [0.2, 0.25) is 0 Å². The molecule has 3 heteroatoms. The number of likely N-dealkylation sites (tertiary alicyclic amines) is 1. The van der Waals surface area contributed by atoms with E-state index in [0.717, 1.165) is 6.42 Å². The Bertz CT molecular complexity index is 226. The Morgan fingerprint density at radius 3 is 2.19 bits per heavy atom. The lowest BCUT2D eigenvalue weighted by molar-refractivity contribution is 0.0732. The molecule has 1 aliphatic heterocycles. The standard InChI is InChI=1S/C13H26N2S/c1-4-13(5-2)6-8-15(9-7-13)11(3)10-12(14)16/h11H,4-10H2,1-3H3,(H2,14,16). The van der Waals surface area contributed by atoms with Crippen molar-refractivity contribution in [2.45, 2.75) is 58.9 Å². The summed E-state index contributed by atoms with van der Waals surface area (Å²) in [6, 6.07) is 0.518. The molecule has 0 aromatic heterocycles. The van der Waals surface area contributed by atoms with Crippen LogP contribution in [-0.4, -0.2) is 29.0 Å². The van der Waals surface area contributed by atoms with Gasteiger partial charge in [0.25, 0.3) is 0 Å². The Morgan fingerprint density at radius 1 is 1.31 bits per heavy atom. The maximum atomic E-state index is 5.61. The second kappa shape index (κ2) is 5.97. The van der Waals surface area contributed by atoms with Crippen molar-refractivity contribution >= 4 is 17.2 Å². The summed E-state index contributed by atoms with van der Waals surface area (Å²) in [4.78, 5) is 3.19. The first-order chi connectivity index (χ1) is 7.53. The molecular weight excluding hydrogens is 216 g/mol. The summed E-state index contributed by atoms with van der Waals surface area (Å²) in [6.07, 6.45) is 6.17. The van der Waals surface area contributed by atoms with Gasteiger partial charge in [-0.1, -0.05) is 38.9 Å². The highest BCUT2D eigenvalue weighted by Crippen LogP contribution is 2.38. The van der Waals surface area contributed by atoms with Gasteiger partial charge in [0, 0.05) is 12.5 Å². The van der Waals surface area contributed by atoms with Crippen LogP contribution in [0.4, 0.5) is 0 Å². The molecular formula is C13H26N2S. The summed E-state index contributed by atoms with van der Waals surface area (Å²) in [7, 11) is 0.